The number of carboxylic acid groups (broad SMARTS) is 1. The minimum Gasteiger partial charge on any atom is -0.479 e. The molecular weight excluding hydrogens is 221 g/mol. The summed E-state index contributed by atoms with van der Waals surface area (Å²) in [5.41, 5.74) is -1.39. The van der Waals surface area contributed by atoms with Crippen molar-refractivity contribution in [1.29, 1.82) is 0 Å². The molecule has 0 heterocycles. The Morgan fingerprint density at radius 2 is 2.12 bits per heavy atom. The quantitative estimate of drug-likeness (QED) is 0.598. The lowest BCUT2D eigenvalue weighted by atomic mass is 10.0. The molecule has 2 N–H and O–H groups in total. The second-order valence-electron chi connectivity index (χ2n) is 3.12. The number of aliphatic hydroxyl groups is 1. The van der Waals surface area contributed by atoms with E-state index in [-0.39, 0.29) is 5.56 Å². The van der Waals surface area contributed by atoms with Crippen LogP contribution in [0.25, 0.3) is 0 Å². The van der Waals surface area contributed by atoms with Gasteiger partial charge in [-0.15, -0.1) is 0 Å². The minimum absolute atomic E-state index is 0.142. The van der Waals surface area contributed by atoms with Crippen LogP contribution in [0.15, 0.2) is 12.1 Å². The van der Waals surface area contributed by atoms with Gasteiger partial charge in [0.2, 0.25) is 5.82 Å². The third-order valence-corrected chi connectivity index (χ3v) is 2.08. The molecule has 0 saturated heterocycles. The molecule has 0 aromatic heterocycles. The van der Waals surface area contributed by atoms with Crippen LogP contribution in [0.4, 0.5) is 10.1 Å². The summed E-state index contributed by atoms with van der Waals surface area (Å²) in [6.07, 6.45) is -2.11. The van der Waals surface area contributed by atoms with E-state index in [0.29, 0.717) is 0 Å². The van der Waals surface area contributed by atoms with Gasteiger partial charge < -0.3 is 10.2 Å². The molecular formula is C9H8FNO5. The topological polar surface area (TPSA) is 101 Å². The van der Waals surface area contributed by atoms with Crippen molar-refractivity contribution in [2.45, 2.75) is 13.0 Å². The summed E-state index contributed by atoms with van der Waals surface area (Å²) < 4.78 is 13.2. The average molecular weight is 229 g/mol. The van der Waals surface area contributed by atoms with Crippen molar-refractivity contribution in [3.05, 3.63) is 39.2 Å². The standard InChI is InChI=1S/C9H8FNO5/c1-4-2-3-5(10)7(11(15)16)6(4)8(12)9(13)14/h2-3,8,12H,1H3,(H,13,14). The molecule has 16 heavy (non-hydrogen) atoms. The summed E-state index contributed by atoms with van der Waals surface area (Å²) in [5, 5.41) is 28.4. The molecule has 1 aromatic carbocycles. The molecule has 1 rings (SSSR count). The van der Waals surface area contributed by atoms with Gasteiger partial charge in [-0.05, 0) is 18.6 Å². The largest absolute Gasteiger partial charge is 0.479 e. The number of nitro benzene ring substituents is 1. The summed E-state index contributed by atoms with van der Waals surface area (Å²) in [6.45, 7) is 1.36. The predicted molar refractivity (Wildman–Crippen MR) is 50.4 cm³/mol. The third kappa shape index (κ3) is 1.98. The number of hydrogen-bond donors (Lipinski definition) is 2. The molecule has 0 saturated carbocycles. The zero-order valence-electron chi connectivity index (χ0n) is 8.18. The van der Waals surface area contributed by atoms with Crippen molar-refractivity contribution >= 4 is 11.7 Å². The van der Waals surface area contributed by atoms with Crippen LogP contribution in [0.3, 0.4) is 0 Å². The molecule has 0 bridgehead atoms. The van der Waals surface area contributed by atoms with E-state index in [4.69, 9.17) is 5.11 Å². The number of carbonyl (C=O) groups is 1. The SMILES string of the molecule is Cc1ccc(F)c([N+](=O)[O-])c1C(O)C(=O)O. The first-order chi connectivity index (χ1) is 7.36. The van der Waals surface area contributed by atoms with Crippen LogP contribution in [0.5, 0.6) is 0 Å². The predicted octanol–water partition coefficient (Wildman–Crippen LogP) is 1.16. The van der Waals surface area contributed by atoms with Gasteiger partial charge in [0.15, 0.2) is 6.10 Å². The number of nitro groups is 1. The molecule has 0 aliphatic heterocycles. The van der Waals surface area contributed by atoms with Gasteiger partial charge in [-0.3, -0.25) is 10.1 Å². The van der Waals surface area contributed by atoms with Crippen LogP contribution >= 0.6 is 0 Å². The molecule has 1 aromatic rings. The Kier molecular flexibility index (Phi) is 3.19. The summed E-state index contributed by atoms with van der Waals surface area (Å²) in [5.74, 6) is -2.84. The van der Waals surface area contributed by atoms with Gasteiger partial charge in [0.25, 0.3) is 0 Å². The Morgan fingerprint density at radius 1 is 1.56 bits per heavy atom. The van der Waals surface area contributed by atoms with Gasteiger partial charge in [0.1, 0.15) is 0 Å². The number of aliphatic carboxylic acids is 1. The van der Waals surface area contributed by atoms with E-state index in [9.17, 15) is 24.4 Å². The molecule has 0 radical (unpaired) electrons. The third-order valence-electron chi connectivity index (χ3n) is 2.08. The van der Waals surface area contributed by atoms with E-state index in [1.165, 1.54) is 13.0 Å². The number of nitrogens with zero attached hydrogens (tertiary/aromatic N) is 1. The minimum atomic E-state index is -2.11. The van der Waals surface area contributed by atoms with Crippen LogP contribution in [-0.4, -0.2) is 21.1 Å². The van der Waals surface area contributed by atoms with E-state index in [1.54, 1.807) is 0 Å². The van der Waals surface area contributed by atoms with Crippen LogP contribution < -0.4 is 0 Å². The lowest BCUT2D eigenvalue weighted by Crippen LogP contribution is -2.14. The first-order valence-electron chi connectivity index (χ1n) is 4.20. The number of aliphatic hydroxyl groups excluding tert-OH is 1. The summed E-state index contributed by atoms with van der Waals surface area (Å²) in [4.78, 5) is 20.1. The number of hydrogen-bond acceptors (Lipinski definition) is 4. The molecule has 0 aliphatic carbocycles. The Balaban J connectivity index is 3.52. The fraction of sp³-hybridized carbons (Fsp3) is 0.222. The molecule has 86 valence electrons. The van der Waals surface area contributed by atoms with Crippen LogP contribution in [-0.2, 0) is 4.79 Å². The van der Waals surface area contributed by atoms with Crippen LogP contribution in [0.1, 0.15) is 17.2 Å². The van der Waals surface area contributed by atoms with Gasteiger partial charge in [-0.1, -0.05) is 6.07 Å². The van der Waals surface area contributed by atoms with Crippen molar-refractivity contribution in [3.63, 3.8) is 0 Å². The smallest absolute Gasteiger partial charge is 0.337 e. The Bertz CT molecular complexity index is 459. The number of carboxylic acids is 1. The van der Waals surface area contributed by atoms with Crippen molar-refractivity contribution in [2.75, 3.05) is 0 Å². The first kappa shape index (κ1) is 12.1. The molecule has 7 heteroatoms. The Morgan fingerprint density at radius 3 is 2.56 bits per heavy atom. The lowest BCUT2D eigenvalue weighted by molar-refractivity contribution is -0.388. The van der Waals surface area contributed by atoms with Crippen molar-refractivity contribution in [2.24, 2.45) is 0 Å². The van der Waals surface area contributed by atoms with Crippen molar-refractivity contribution in [1.82, 2.24) is 0 Å². The van der Waals surface area contributed by atoms with Gasteiger partial charge in [0, 0.05) is 0 Å². The maximum absolute atomic E-state index is 13.2. The maximum atomic E-state index is 13.2. The molecule has 0 amide bonds. The van der Waals surface area contributed by atoms with Crippen molar-refractivity contribution in [3.8, 4) is 0 Å². The van der Waals surface area contributed by atoms with Crippen LogP contribution in [0.2, 0.25) is 0 Å². The number of benzene rings is 1. The van der Waals surface area contributed by atoms with Gasteiger partial charge in [0.05, 0.1) is 10.5 Å². The van der Waals surface area contributed by atoms with Crippen LogP contribution in [0, 0.1) is 22.9 Å². The number of aryl methyl sites for hydroxylation is 1. The van der Waals surface area contributed by atoms with Crippen molar-refractivity contribution < 1.29 is 24.3 Å². The lowest BCUT2D eigenvalue weighted by Gasteiger charge is -2.10. The second kappa shape index (κ2) is 4.23. The average Bonchev–Trinajstić information content (AvgIpc) is 2.19. The highest BCUT2D eigenvalue weighted by Gasteiger charge is 2.30. The Hall–Kier alpha value is -2.02. The molecule has 0 aliphatic rings. The fourth-order valence-electron chi connectivity index (χ4n) is 1.34. The summed E-state index contributed by atoms with van der Waals surface area (Å²) in [7, 11) is 0. The second-order valence-corrected chi connectivity index (χ2v) is 3.12. The summed E-state index contributed by atoms with van der Waals surface area (Å²) >= 11 is 0. The maximum Gasteiger partial charge on any atom is 0.337 e. The molecule has 0 fully saturated rings. The van der Waals surface area contributed by atoms with Gasteiger partial charge in [-0.2, -0.15) is 4.39 Å². The van der Waals surface area contributed by atoms with E-state index in [1.807, 2.05) is 0 Å². The normalized spacial score (nSPS) is 12.2. The highest BCUT2D eigenvalue weighted by atomic mass is 19.1. The molecule has 1 unspecified atom stereocenters. The highest BCUT2D eigenvalue weighted by molar-refractivity contribution is 5.76. The summed E-state index contributed by atoms with van der Waals surface area (Å²) in [6, 6.07) is 2.02. The van der Waals surface area contributed by atoms with E-state index < -0.39 is 34.1 Å². The van der Waals surface area contributed by atoms with E-state index >= 15 is 0 Å². The number of rotatable bonds is 3. The Labute approximate surface area is 89.1 Å². The van der Waals surface area contributed by atoms with Gasteiger partial charge in [-0.25, -0.2) is 4.79 Å². The van der Waals surface area contributed by atoms with Gasteiger partial charge >= 0.3 is 11.7 Å². The molecule has 1 atom stereocenters. The molecule has 6 nitrogen and oxygen atoms in total. The molecule has 0 spiro atoms. The highest BCUT2D eigenvalue weighted by Crippen LogP contribution is 2.31. The zero-order chi connectivity index (χ0) is 12.5. The fourth-order valence-corrected chi connectivity index (χ4v) is 1.34. The van der Waals surface area contributed by atoms with E-state index in [2.05, 4.69) is 0 Å². The zero-order valence-corrected chi connectivity index (χ0v) is 8.18. The number of halogens is 1. The van der Waals surface area contributed by atoms with E-state index in [0.717, 1.165) is 6.07 Å². The monoisotopic (exact) mass is 229 g/mol. The first-order valence-corrected chi connectivity index (χ1v) is 4.20.